The first-order chi connectivity index (χ1) is 13.6. The van der Waals surface area contributed by atoms with Crippen molar-refractivity contribution in [2.75, 3.05) is 27.2 Å². The van der Waals surface area contributed by atoms with Crippen molar-refractivity contribution in [3.05, 3.63) is 65.2 Å². The number of benzene rings is 2. The molecule has 29 heavy (non-hydrogen) atoms. The number of para-hydroxylation sites is 1. The van der Waals surface area contributed by atoms with E-state index in [-0.39, 0.29) is 18.2 Å². The van der Waals surface area contributed by atoms with Gasteiger partial charge in [-0.3, -0.25) is 9.59 Å². The Balaban J connectivity index is 2.02. The van der Waals surface area contributed by atoms with Gasteiger partial charge in [0.15, 0.2) is 6.61 Å². The highest BCUT2D eigenvalue weighted by Gasteiger charge is 2.34. The lowest BCUT2D eigenvalue weighted by Crippen LogP contribution is -2.34. The van der Waals surface area contributed by atoms with Crippen molar-refractivity contribution in [2.24, 2.45) is 0 Å². The fourth-order valence-electron chi connectivity index (χ4n) is 2.67. The monoisotopic (exact) mass is 408 g/mol. The van der Waals surface area contributed by atoms with Gasteiger partial charge < -0.3 is 14.5 Å². The minimum atomic E-state index is -4.56. The van der Waals surface area contributed by atoms with Gasteiger partial charge in [-0.1, -0.05) is 24.3 Å². The van der Waals surface area contributed by atoms with Gasteiger partial charge >= 0.3 is 6.18 Å². The number of hydrogen-bond donors (Lipinski definition) is 0. The van der Waals surface area contributed by atoms with E-state index in [1.165, 1.54) is 28.0 Å². The maximum Gasteiger partial charge on any atom is 0.419 e. The molecule has 0 aliphatic rings. The van der Waals surface area contributed by atoms with E-state index in [2.05, 4.69) is 0 Å². The van der Waals surface area contributed by atoms with Crippen LogP contribution < -0.4 is 4.74 Å². The molecule has 2 amide bonds. The molecule has 5 nitrogen and oxygen atoms in total. The van der Waals surface area contributed by atoms with E-state index in [9.17, 15) is 22.8 Å². The summed E-state index contributed by atoms with van der Waals surface area (Å²) >= 11 is 0. The molecule has 0 aromatic heterocycles. The van der Waals surface area contributed by atoms with E-state index >= 15 is 0 Å². The summed E-state index contributed by atoms with van der Waals surface area (Å²) in [5.41, 5.74) is 0.406. The number of amides is 2. The van der Waals surface area contributed by atoms with Gasteiger partial charge in [0.25, 0.3) is 11.8 Å². The second kappa shape index (κ2) is 9.45. The molecule has 0 unspecified atom stereocenters. The number of carbonyl (C=O) groups is 2. The topological polar surface area (TPSA) is 49.9 Å². The summed E-state index contributed by atoms with van der Waals surface area (Å²) in [5, 5.41) is 0. The first kappa shape index (κ1) is 22.3. The van der Waals surface area contributed by atoms with Crippen LogP contribution in [0.1, 0.15) is 28.4 Å². The van der Waals surface area contributed by atoms with Gasteiger partial charge in [0.2, 0.25) is 0 Å². The molecule has 0 N–H and O–H groups in total. The van der Waals surface area contributed by atoms with Gasteiger partial charge in [-0.25, -0.2) is 0 Å². The number of rotatable bonds is 7. The van der Waals surface area contributed by atoms with E-state index in [0.29, 0.717) is 12.1 Å². The van der Waals surface area contributed by atoms with Crippen LogP contribution in [0.2, 0.25) is 0 Å². The van der Waals surface area contributed by atoms with Gasteiger partial charge in [0.05, 0.1) is 5.56 Å². The van der Waals surface area contributed by atoms with Gasteiger partial charge in [-0.15, -0.1) is 0 Å². The van der Waals surface area contributed by atoms with Crippen molar-refractivity contribution < 1.29 is 27.5 Å². The SMILES string of the molecule is CCN(Cc1ccc(C(=O)N(C)C)cc1)C(=O)COc1ccccc1C(F)(F)F. The van der Waals surface area contributed by atoms with E-state index in [0.717, 1.165) is 11.6 Å². The predicted octanol–water partition coefficient (Wildman–Crippen LogP) is 3.83. The lowest BCUT2D eigenvalue weighted by atomic mass is 10.1. The zero-order valence-electron chi connectivity index (χ0n) is 16.5. The molecular formula is C21H23F3N2O3. The molecule has 0 heterocycles. The fourth-order valence-corrected chi connectivity index (χ4v) is 2.67. The first-order valence-electron chi connectivity index (χ1n) is 9.01. The first-order valence-corrected chi connectivity index (χ1v) is 9.01. The highest BCUT2D eigenvalue weighted by atomic mass is 19.4. The fraction of sp³-hybridized carbons (Fsp3) is 0.333. The highest BCUT2D eigenvalue weighted by molar-refractivity contribution is 5.93. The molecule has 0 saturated heterocycles. The number of alkyl halides is 3. The molecule has 156 valence electrons. The van der Waals surface area contributed by atoms with Crippen molar-refractivity contribution in [3.8, 4) is 5.75 Å². The molecule has 8 heteroatoms. The van der Waals surface area contributed by atoms with Crippen LogP contribution in [-0.4, -0.2) is 48.9 Å². The van der Waals surface area contributed by atoms with Crippen LogP contribution in [-0.2, 0) is 17.5 Å². The standard InChI is InChI=1S/C21H23F3N2O3/c1-4-26(13-15-9-11-16(12-10-15)20(28)25(2)3)19(27)14-29-18-8-6-5-7-17(18)21(22,23)24/h5-12H,4,13-14H2,1-3H3. The van der Waals surface area contributed by atoms with Crippen LogP contribution in [0.5, 0.6) is 5.75 Å². The van der Waals surface area contributed by atoms with Crippen LogP contribution in [0.25, 0.3) is 0 Å². The second-order valence-corrected chi connectivity index (χ2v) is 6.59. The summed E-state index contributed by atoms with van der Waals surface area (Å²) in [6, 6.07) is 11.6. The van der Waals surface area contributed by atoms with Crippen LogP contribution in [0.4, 0.5) is 13.2 Å². The zero-order chi connectivity index (χ0) is 21.6. The Labute approximate surface area is 167 Å². The third-order valence-corrected chi connectivity index (χ3v) is 4.26. The quantitative estimate of drug-likeness (QED) is 0.700. The summed E-state index contributed by atoms with van der Waals surface area (Å²) in [5.74, 6) is -0.939. The number of ether oxygens (including phenoxy) is 1. The summed E-state index contributed by atoms with van der Waals surface area (Å²) in [6.45, 7) is 1.89. The summed E-state index contributed by atoms with van der Waals surface area (Å²) in [6.07, 6.45) is -4.56. The molecule has 0 atom stereocenters. The van der Waals surface area contributed by atoms with Crippen LogP contribution >= 0.6 is 0 Å². The van der Waals surface area contributed by atoms with Crippen molar-refractivity contribution in [1.29, 1.82) is 0 Å². The number of likely N-dealkylation sites (N-methyl/N-ethyl adjacent to an activating group) is 1. The highest BCUT2D eigenvalue weighted by Crippen LogP contribution is 2.35. The van der Waals surface area contributed by atoms with Gasteiger partial charge in [0, 0.05) is 32.7 Å². The molecule has 2 rings (SSSR count). The van der Waals surface area contributed by atoms with Gasteiger partial charge in [-0.2, -0.15) is 13.2 Å². The third kappa shape index (κ3) is 5.97. The smallest absolute Gasteiger partial charge is 0.419 e. The molecule has 0 spiro atoms. The Kier molecular flexibility index (Phi) is 7.25. The minimum Gasteiger partial charge on any atom is -0.483 e. The van der Waals surface area contributed by atoms with E-state index in [1.807, 2.05) is 0 Å². The Morgan fingerprint density at radius 3 is 2.17 bits per heavy atom. The molecule has 2 aromatic carbocycles. The average molecular weight is 408 g/mol. The summed E-state index contributed by atoms with van der Waals surface area (Å²) in [7, 11) is 3.31. The lowest BCUT2D eigenvalue weighted by Gasteiger charge is -2.22. The largest absolute Gasteiger partial charge is 0.483 e. The van der Waals surface area contributed by atoms with Crippen molar-refractivity contribution in [3.63, 3.8) is 0 Å². The molecule has 0 aliphatic carbocycles. The Hall–Kier alpha value is -3.03. The van der Waals surface area contributed by atoms with E-state index in [4.69, 9.17) is 4.74 Å². The maximum absolute atomic E-state index is 13.0. The van der Waals surface area contributed by atoms with E-state index < -0.39 is 24.3 Å². The van der Waals surface area contributed by atoms with Gasteiger partial charge in [-0.05, 0) is 36.8 Å². The van der Waals surface area contributed by atoms with Crippen molar-refractivity contribution >= 4 is 11.8 Å². The second-order valence-electron chi connectivity index (χ2n) is 6.59. The van der Waals surface area contributed by atoms with Crippen LogP contribution in [0.15, 0.2) is 48.5 Å². The number of nitrogens with zero attached hydrogens (tertiary/aromatic N) is 2. The van der Waals surface area contributed by atoms with Crippen molar-refractivity contribution in [2.45, 2.75) is 19.6 Å². The minimum absolute atomic E-state index is 0.128. The Bertz CT molecular complexity index is 849. The molecule has 0 radical (unpaired) electrons. The van der Waals surface area contributed by atoms with E-state index in [1.54, 1.807) is 45.3 Å². The molecular weight excluding hydrogens is 385 g/mol. The summed E-state index contributed by atoms with van der Waals surface area (Å²) in [4.78, 5) is 27.3. The third-order valence-electron chi connectivity index (χ3n) is 4.26. The Morgan fingerprint density at radius 2 is 1.62 bits per heavy atom. The average Bonchev–Trinajstić information content (AvgIpc) is 2.69. The summed E-state index contributed by atoms with van der Waals surface area (Å²) < 4.78 is 44.2. The predicted molar refractivity (Wildman–Crippen MR) is 102 cm³/mol. The van der Waals surface area contributed by atoms with Crippen LogP contribution in [0.3, 0.4) is 0 Å². The normalized spacial score (nSPS) is 11.1. The number of halogens is 3. The molecule has 0 fully saturated rings. The maximum atomic E-state index is 13.0. The molecule has 0 saturated carbocycles. The lowest BCUT2D eigenvalue weighted by molar-refractivity contribution is -0.141. The molecule has 0 bridgehead atoms. The van der Waals surface area contributed by atoms with Crippen molar-refractivity contribution in [1.82, 2.24) is 9.80 Å². The Morgan fingerprint density at radius 1 is 1.00 bits per heavy atom. The zero-order valence-corrected chi connectivity index (χ0v) is 16.5. The number of carbonyl (C=O) groups excluding carboxylic acids is 2. The number of hydrogen-bond acceptors (Lipinski definition) is 3. The molecule has 2 aromatic rings. The van der Waals surface area contributed by atoms with Crippen LogP contribution in [0, 0.1) is 0 Å². The molecule has 0 aliphatic heterocycles. The van der Waals surface area contributed by atoms with Gasteiger partial charge in [0.1, 0.15) is 5.75 Å².